The van der Waals surface area contributed by atoms with Crippen molar-refractivity contribution in [2.45, 2.75) is 30.6 Å². The Kier molecular flexibility index (Phi) is 6.24. The monoisotopic (exact) mass is 645 g/mol. The standard InChI is InChI=1S/C14H4F14N.Ir/c15-8(16)5-6(7-3-1-2-4-29-7)9(11(17,18)19,12(20,21)22)10(8,13(23,24)25)14(26,27)28;/h1-4H;/q-1;. The van der Waals surface area contributed by atoms with E-state index < -0.39 is 52.7 Å². The molecule has 1 heterocycles. The van der Waals surface area contributed by atoms with Crippen molar-refractivity contribution in [1.82, 2.24) is 4.98 Å². The zero-order chi connectivity index (χ0) is 22.9. The summed E-state index contributed by atoms with van der Waals surface area (Å²) in [6.07, 6.45) is -30.4. The van der Waals surface area contributed by atoms with E-state index in [-0.39, 0.29) is 32.2 Å². The van der Waals surface area contributed by atoms with Crippen molar-refractivity contribution in [2.75, 3.05) is 0 Å². The Morgan fingerprint density at radius 3 is 1.43 bits per heavy atom. The molecule has 1 nitrogen and oxygen atoms in total. The summed E-state index contributed by atoms with van der Waals surface area (Å²) in [7, 11) is 0. The van der Waals surface area contributed by atoms with E-state index in [1.54, 1.807) is 0 Å². The molecule has 2 rings (SSSR count). The number of alkyl halides is 14. The maximum Gasteiger partial charge on any atom is 0.409 e. The summed E-state index contributed by atoms with van der Waals surface area (Å²) in [5.74, 6) is -6.82. The van der Waals surface area contributed by atoms with Crippen LogP contribution in [-0.2, 0) is 20.1 Å². The van der Waals surface area contributed by atoms with E-state index in [0.717, 1.165) is 6.07 Å². The van der Waals surface area contributed by atoms with Gasteiger partial charge in [-0.15, -0.1) is 6.07 Å². The van der Waals surface area contributed by atoms with Gasteiger partial charge in [0, 0.05) is 26.3 Å². The Balaban J connectivity index is 0.00000450. The predicted molar refractivity (Wildman–Crippen MR) is 64.9 cm³/mol. The molecule has 0 aliphatic heterocycles. The Morgan fingerprint density at radius 1 is 0.700 bits per heavy atom. The Labute approximate surface area is 170 Å². The van der Waals surface area contributed by atoms with Crippen LogP contribution in [0, 0.1) is 16.9 Å². The van der Waals surface area contributed by atoms with Gasteiger partial charge in [-0.2, -0.15) is 64.3 Å². The van der Waals surface area contributed by atoms with Crippen LogP contribution in [0.1, 0.15) is 5.69 Å². The molecule has 0 saturated carbocycles. The maximum absolute atomic E-state index is 14.1. The van der Waals surface area contributed by atoms with Gasteiger partial charge in [-0.3, -0.25) is 0 Å². The van der Waals surface area contributed by atoms with Gasteiger partial charge in [0.25, 0.3) is 0 Å². The van der Waals surface area contributed by atoms with E-state index in [2.05, 4.69) is 4.98 Å². The van der Waals surface area contributed by atoms with E-state index in [9.17, 15) is 61.5 Å². The summed E-state index contributed by atoms with van der Waals surface area (Å²) in [6, 6.07) is 1.52. The fourth-order valence-corrected chi connectivity index (χ4v) is 3.35. The average Bonchev–Trinajstić information content (AvgIpc) is 2.72. The molecule has 30 heavy (non-hydrogen) atoms. The third-order valence-corrected chi connectivity index (χ3v) is 4.31. The number of pyridine rings is 1. The zero-order valence-corrected chi connectivity index (χ0v) is 15.8. The molecule has 0 atom stereocenters. The first-order valence-corrected chi connectivity index (χ1v) is 6.92. The van der Waals surface area contributed by atoms with Crippen molar-refractivity contribution in [1.29, 1.82) is 0 Å². The van der Waals surface area contributed by atoms with Gasteiger partial charge in [-0.1, -0.05) is 11.8 Å². The molecule has 0 spiro atoms. The molecule has 0 unspecified atom stereocenters. The van der Waals surface area contributed by atoms with Gasteiger partial charge in [0.05, 0.1) is 0 Å². The Morgan fingerprint density at radius 2 is 1.13 bits per heavy atom. The van der Waals surface area contributed by atoms with Crippen molar-refractivity contribution in [3.05, 3.63) is 36.2 Å². The van der Waals surface area contributed by atoms with Crippen molar-refractivity contribution in [2.24, 2.45) is 10.8 Å². The van der Waals surface area contributed by atoms with Crippen LogP contribution in [0.25, 0.3) is 5.57 Å². The van der Waals surface area contributed by atoms with Gasteiger partial charge in [0.2, 0.25) is 11.3 Å². The summed E-state index contributed by atoms with van der Waals surface area (Å²) in [6.45, 7) is 0. The molecular formula is C14H4F14IrN-. The molecular weight excluding hydrogens is 640 g/mol. The van der Waals surface area contributed by atoms with Gasteiger partial charge < -0.3 is 4.98 Å². The number of nitrogens with zero attached hydrogens (tertiary/aromatic N) is 1. The SMILES string of the molecule is FC(F)(F)C1(C(F)(F)F)C(c2ccccn2)=[C-]C(F)(F)C1(C(F)(F)F)C(F)(F)F.[Ir]. The second kappa shape index (κ2) is 7.04. The maximum atomic E-state index is 14.1. The minimum absolute atomic E-state index is 0. The van der Waals surface area contributed by atoms with E-state index >= 15 is 0 Å². The molecule has 1 aromatic rings. The van der Waals surface area contributed by atoms with Crippen LogP contribution < -0.4 is 0 Å². The first-order chi connectivity index (χ1) is 12.7. The summed E-state index contributed by atoms with van der Waals surface area (Å²) in [5.41, 5.74) is -19.8. The number of hydrogen-bond acceptors (Lipinski definition) is 1. The number of rotatable bonds is 1. The second-order valence-corrected chi connectivity index (χ2v) is 5.78. The van der Waals surface area contributed by atoms with Gasteiger partial charge in [-0.05, 0) is 6.07 Å². The van der Waals surface area contributed by atoms with Crippen LogP contribution in [-0.4, -0.2) is 35.6 Å². The smallest absolute Gasteiger partial charge is 0.351 e. The van der Waals surface area contributed by atoms with Crippen molar-refractivity contribution < 1.29 is 81.6 Å². The van der Waals surface area contributed by atoms with Gasteiger partial charge >= 0.3 is 24.7 Å². The van der Waals surface area contributed by atoms with Crippen LogP contribution >= 0.6 is 0 Å². The number of halogens is 14. The number of aromatic nitrogens is 1. The van der Waals surface area contributed by atoms with Crippen LogP contribution in [0.3, 0.4) is 0 Å². The van der Waals surface area contributed by atoms with E-state index in [1.165, 1.54) is 0 Å². The van der Waals surface area contributed by atoms with E-state index in [0.29, 0.717) is 12.3 Å². The molecule has 0 saturated heterocycles. The number of hydrogen-bond donors (Lipinski definition) is 0. The van der Waals surface area contributed by atoms with Crippen molar-refractivity contribution >= 4 is 5.57 Å². The third-order valence-electron chi connectivity index (χ3n) is 4.31. The van der Waals surface area contributed by atoms with Crippen molar-refractivity contribution in [3.63, 3.8) is 0 Å². The van der Waals surface area contributed by atoms with E-state index in [1.807, 2.05) is 0 Å². The molecule has 0 N–H and O–H groups in total. The molecule has 0 fully saturated rings. The fraction of sp³-hybridized carbons (Fsp3) is 0.500. The van der Waals surface area contributed by atoms with Gasteiger partial charge in [0.1, 0.15) is 0 Å². The van der Waals surface area contributed by atoms with Crippen LogP contribution in [0.2, 0.25) is 0 Å². The molecule has 16 heteroatoms. The Bertz CT molecular complexity index is 771. The first kappa shape index (κ1) is 26.6. The van der Waals surface area contributed by atoms with Crippen LogP contribution in [0.5, 0.6) is 0 Å². The first-order valence-electron chi connectivity index (χ1n) is 6.92. The van der Waals surface area contributed by atoms with Gasteiger partial charge in [0.15, 0.2) is 5.41 Å². The summed E-state index contributed by atoms with van der Waals surface area (Å²) >= 11 is 0. The fourth-order valence-electron chi connectivity index (χ4n) is 3.35. The molecule has 1 aliphatic rings. The topological polar surface area (TPSA) is 12.9 Å². The normalized spacial score (nSPS) is 21.1. The molecule has 173 valence electrons. The predicted octanol–water partition coefficient (Wildman–Crippen LogP) is 6.14. The van der Waals surface area contributed by atoms with Crippen LogP contribution in [0.4, 0.5) is 61.5 Å². The largest absolute Gasteiger partial charge is 0.409 e. The third kappa shape index (κ3) is 3.04. The molecule has 0 amide bonds. The molecule has 1 aliphatic carbocycles. The summed E-state index contributed by atoms with van der Waals surface area (Å²) in [4.78, 5) is 2.81. The Hall–Kier alpha value is -1.44. The second-order valence-electron chi connectivity index (χ2n) is 5.78. The summed E-state index contributed by atoms with van der Waals surface area (Å²) < 4.78 is 190. The number of allylic oxidation sites excluding steroid dienone is 2. The minimum atomic E-state index is -7.77. The summed E-state index contributed by atoms with van der Waals surface area (Å²) in [5, 5.41) is 0. The molecule has 1 radical (unpaired) electrons. The van der Waals surface area contributed by atoms with E-state index in [4.69, 9.17) is 0 Å². The molecule has 0 bridgehead atoms. The van der Waals surface area contributed by atoms with Gasteiger partial charge in [-0.25, -0.2) is 8.78 Å². The zero-order valence-electron chi connectivity index (χ0n) is 13.4. The molecule has 1 aromatic heterocycles. The molecule has 0 aromatic carbocycles. The average molecular weight is 644 g/mol. The quantitative estimate of drug-likeness (QED) is 0.265. The minimum Gasteiger partial charge on any atom is -0.351 e. The van der Waals surface area contributed by atoms with Crippen molar-refractivity contribution in [3.8, 4) is 0 Å². The van der Waals surface area contributed by atoms with Crippen LogP contribution in [0.15, 0.2) is 24.4 Å².